The molecule has 0 saturated carbocycles. The summed E-state index contributed by atoms with van der Waals surface area (Å²) in [6, 6.07) is 17.1. The van der Waals surface area contributed by atoms with Gasteiger partial charge in [-0.25, -0.2) is 4.79 Å². The van der Waals surface area contributed by atoms with Crippen molar-refractivity contribution in [3.63, 3.8) is 0 Å². The van der Waals surface area contributed by atoms with Crippen LogP contribution >= 0.6 is 0 Å². The van der Waals surface area contributed by atoms with Gasteiger partial charge in [-0.2, -0.15) is 0 Å². The van der Waals surface area contributed by atoms with Crippen LogP contribution in [0, 0.1) is 0 Å². The van der Waals surface area contributed by atoms with Crippen LogP contribution in [-0.4, -0.2) is 37.0 Å². The van der Waals surface area contributed by atoms with Gasteiger partial charge in [-0.15, -0.1) is 0 Å². The second-order valence-corrected chi connectivity index (χ2v) is 5.93. The molecule has 0 radical (unpaired) electrons. The molecule has 1 aliphatic rings. The van der Waals surface area contributed by atoms with Crippen LogP contribution in [0.1, 0.15) is 28.3 Å². The molecule has 5 nitrogen and oxygen atoms in total. The van der Waals surface area contributed by atoms with E-state index >= 15 is 0 Å². The Morgan fingerprint density at radius 3 is 2.42 bits per heavy atom. The average molecular weight is 323 g/mol. The third-order valence-corrected chi connectivity index (χ3v) is 4.37. The summed E-state index contributed by atoms with van der Waals surface area (Å²) in [5.41, 5.74) is 2.54. The lowest BCUT2D eigenvalue weighted by Gasteiger charge is -2.17. The average Bonchev–Trinajstić information content (AvgIpc) is 3.13. The summed E-state index contributed by atoms with van der Waals surface area (Å²) in [4.78, 5) is 25.8. The highest BCUT2D eigenvalue weighted by Crippen LogP contribution is 2.27. The number of urea groups is 1. The molecule has 1 aliphatic heterocycles. The van der Waals surface area contributed by atoms with Gasteiger partial charge >= 0.3 is 6.03 Å². The molecule has 24 heavy (non-hydrogen) atoms. The lowest BCUT2D eigenvalue weighted by Crippen LogP contribution is -2.32. The molecule has 0 aromatic heterocycles. The van der Waals surface area contributed by atoms with E-state index in [9.17, 15) is 9.59 Å². The Balaban J connectivity index is 1.59. The molecule has 1 saturated heterocycles. The monoisotopic (exact) mass is 323 g/mol. The van der Waals surface area contributed by atoms with Crippen molar-refractivity contribution in [2.75, 3.05) is 25.5 Å². The van der Waals surface area contributed by atoms with E-state index in [2.05, 4.69) is 22.8 Å². The molecule has 2 aromatic carbocycles. The lowest BCUT2D eigenvalue weighted by molar-refractivity contribution is 0.0963. The molecule has 1 fully saturated rings. The molecule has 0 aliphatic carbocycles. The molecular formula is C19H21N3O2. The van der Waals surface area contributed by atoms with Gasteiger partial charge in [0, 0.05) is 37.3 Å². The normalized spacial score (nSPS) is 16.7. The van der Waals surface area contributed by atoms with Gasteiger partial charge in [0.05, 0.1) is 0 Å². The number of benzene rings is 2. The van der Waals surface area contributed by atoms with E-state index in [1.54, 1.807) is 31.3 Å². The van der Waals surface area contributed by atoms with Crippen LogP contribution in [0.5, 0.6) is 0 Å². The van der Waals surface area contributed by atoms with E-state index in [4.69, 9.17) is 0 Å². The molecule has 2 N–H and O–H groups in total. The van der Waals surface area contributed by atoms with Gasteiger partial charge < -0.3 is 15.5 Å². The standard InChI is InChI=1S/C19H21N3O2/c1-20-18(23)15-7-9-17(10-8-15)21-19(24)22-12-11-16(13-22)14-5-3-2-4-6-14/h2-10,16H,11-13H2,1H3,(H,20,23)(H,21,24)/t16-/m1/s1. The maximum Gasteiger partial charge on any atom is 0.321 e. The number of carbonyl (C=O) groups is 2. The van der Waals surface area contributed by atoms with Crippen LogP contribution in [0.25, 0.3) is 0 Å². The van der Waals surface area contributed by atoms with Crippen molar-refractivity contribution in [3.8, 4) is 0 Å². The van der Waals surface area contributed by atoms with Crippen molar-refractivity contribution >= 4 is 17.6 Å². The molecule has 3 amide bonds. The summed E-state index contributed by atoms with van der Waals surface area (Å²) in [6.45, 7) is 1.48. The Bertz CT molecular complexity index is 713. The highest BCUT2D eigenvalue weighted by atomic mass is 16.2. The van der Waals surface area contributed by atoms with E-state index in [-0.39, 0.29) is 11.9 Å². The zero-order chi connectivity index (χ0) is 16.9. The van der Waals surface area contributed by atoms with E-state index in [1.807, 2.05) is 23.1 Å². The summed E-state index contributed by atoms with van der Waals surface area (Å²) in [6.07, 6.45) is 0.979. The first-order valence-electron chi connectivity index (χ1n) is 8.10. The third-order valence-electron chi connectivity index (χ3n) is 4.37. The minimum Gasteiger partial charge on any atom is -0.355 e. The molecule has 124 valence electrons. The molecule has 1 atom stereocenters. The van der Waals surface area contributed by atoms with E-state index in [0.29, 0.717) is 17.2 Å². The molecule has 2 aromatic rings. The fraction of sp³-hybridized carbons (Fsp3) is 0.263. The van der Waals surface area contributed by atoms with Gasteiger partial charge in [0.15, 0.2) is 0 Å². The smallest absolute Gasteiger partial charge is 0.321 e. The SMILES string of the molecule is CNC(=O)c1ccc(NC(=O)N2CC[C@@H](c3ccccc3)C2)cc1. The van der Waals surface area contributed by atoms with Crippen LogP contribution < -0.4 is 10.6 Å². The van der Waals surface area contributed by atoms with Gasteiger partial charge in [0.2, 0.25) is 0 Å². The van der Waals surface area contributed by atoms with Gasteiger partial charge in [-0.05, 0) is 36.2 Å². The van der Waals surface area contributed by atoms with Crippen molar-refractivity contribution < 1.29 is 9.59 Å². The Morgan fingerprint density at radius 2 is 1.75 bits per heavy atom. The fourth-order valence-corrected chi connectivity index (χ4v) is 2.99. The van der Waals surface area contributed by atoms with Crippen molar-refractivity contribution in [2.24, 2.45) is 0 Å². The van der Waals surface area contributed by atoms with Gasteiger partial charge in [-0.3, -0.25) is 4.79 Å². The first kappa shape index (κ1) is 16.1. The molecule has 0 bridgehead atoms. The topological polar surface area (TPSA) is 61.4 Å². The van der Waals surface area contributed by atoms with E-state index < -0.39 is 0 Å². The number of amides is 3. The van der Waals surface area contributed by atoms with Crippen LogP contribution in [0.3, 0.4) is 0 Å². The van der Waals surface area contributed by atoms with Gasteiger partial charge in [0.1, 0.15) is 0 Å². The van der Waals surface area contributed by atoms with E-state index in [1.165, 1.54) is 5.56 Å². The fourth-order valence-electron chi connectivity index (χ4n) is 2.99. The summed E-state index contributed by atoms with van der Waals surface area (Å²) in [5.74, 6) is 0.255. The number of nitrogens with one attached hydrogen (secondary N) is 2. The van der Waals surface area contributed by atoms with Crippen LogP contribution in [0.4, 0.5) is 10.5 Å². The highest BCUT2D eigenvalue weighted by molar-refractivity contribution is 5.95. The molecule has 0 unspecified atom stereocenters. The van der Waals surface area contributed by atoms with Crippen LogP contribution in [0.2, 0.25) is 0 Å². The Kier molecular flexibility index (Phi) is 4.79. The largest absolute Gasteiger partial charge is 0.355 e. The third kappa shape index (κ3) is 3.56. The predicted octanol–water partition coefficient (Wildman–Crippen LogP) is 3.07. The molecule has 5 heteroatoms. The van der Waals surface area contributed by atoms with Gasteiger partial charge in [-0.1, -0.05) is 30.3 Å². The Labute approximate surface area is 141 Å². The summed E-state index contributed by atoms with van der Waals surface area (Å²) in [5, 5.41) is 5.47. The number of nitrogens with zero attached hydrogens (tertiary/aromatic N) is 1. The number of anilines is 1. The maximum absolute atomic E-state index is 12.4. The maximum atomic E-state index is 12.4. The summed E-state index contributed by atoms with van der Waals surface area (Å²) < 4.78 is 0. The predicted molar refractivity (Wildman–Crippen MR) is 94.2 cm³/mol. The van der Waals surface area contributed by atoms with Crippen molar-refractivity contribution in [3.05, 3.63) is 65.7 Å². The Morgan fingerprint density at radius 1 is 1.04 bits per heavy atom. The molecular weight excluding hydrogens is 302 g/mol. The van der Waals surface area contributed by atoms with Crippen LogP contribution in [-0.2, 0) is 0 Å². The second kappa shape index (κ2) is 7.17. The summed E-state index contributed by atoms with van der Waals surface area (Å²) in [7, 11) is 1.59. The molecule has 1 heterocycles. The first-order chi connectivity index (χ1) is 11.7. The minimum atomic E-state index is -0.141. The first-order valence-corrected chi connectivity index (χ1v) is 8.10. The number of hydrogen-bond donors (Lipinski definition) is 2. The van der Waals surface area contributed by atoms with Gasteiger partial charge in [0.25, 0.3) is 5.91 Å². The second-order valence-electron chi connectivity index (χ2n) is 5.93. The Hall–Kier alpha value is -2.82. The molecule has 0 spiro atoms. The quantitative estimate of drug-likeness (QED) is 0.912. The zero-order valence-corrected chi connectivity index (χ0v) is 13.7. The van der Waals surface area contributed by atoms with Crippen molar-refractivity contribution in [1.82, 2.24) is 10.2 Å². The number of hydrogen-bond acceptors (Lipinski definition) is 2. The van der Waals surface area contributed by atoms with Crippen molar-refractivity contribution in [2.45, 2.75) is 12.3 Å². The number of carbonyl (C=O) groups excluding carboxylic acids is 2. The highest BCUT2D eigenvalue weighted by Gasteiger charge is 2.27. The van der Waals surface area contributed by atoms with Crippen LogP contribution in [0.15, 0.2) is 54.6 Å². The number of rotatable bonds is 3. The lowest BCUT2D eigenvalue weighted by atomic mass is 9.99. The molecule has 3 rings (SSSR count). The van der Waals surface area contributed by atoms with Crippen molar-refractivity contribution in [1.29, 1.82) is 0 Å². The number of likely N-dealkylation sites (tertiary alicyclic amines) is 1. The minimum absolute atomic E-state index is 0.0962. The zero-order valence-electron chi connectivity index (χ0n) is 13.7. The van der Waals surface area contributed by atoms with E-state index in [0.717, 1.165) is 19.5 Å². The summed E-state index contributed by atoms with van der Waals surface area (Å²) >= 11 is 0.